The Morgan fingerprint density at radius 3 is 2.28 bits per heavy atom. The molecule has 0 saturated heterocycles. The molecule has 2 heterocycles. The van der Waals surface area contributed by atoms with E-state index in [-0.39, 0.29) is 0 Å². The minimum absolute atomic E-state index is 0.603. The van der Waals surface area contributed by atoms with Crippen molar-refractivity contribution in [2.24, 2.45) is 0 Å². The molecule has 2 aromatic carbocycles. The molecule has 2 aromatic heterocycles. The molecule has 0 bridgehead atoms. The van der Waals surface area contributed by atoms with E-state index < -0.39 is 0 Å². The number of rotatable bonds is 5. The number of aromatic nitrogens is 3. The third-order valence-corrected chi connectivity index (χ3v) is 4.85. The predicted octanol–water partition coefficient (Wildman–Crippen LogP) is 4.44. The van der Waals surface area contributed by atoms with Crippen LogP contribution in [0.2, 0.25) is 0 Å². The van der Waals surface area contributed by atoms with Crippen LogP contribution in [-0.2, 0) is 0 Å². The van der Waals surface area contributed by atoms with E-state index in [1.807, 2.05) is 38.4 Å². The molecule has 0 aliphatic rings. The second kappa shape index (κ2) is 7.75. The fourth-order valence-electron chi connectivity index (χ4n) is 3.41. The highest BCUT2D eigenvalue weighted by Gasteiger charge is 2.21. The molecular formula is C23H22N4O2. The number of hydrogen-bond donors (Lipinski definition) is 0. The molecule has 6 heteroatoms. The second-order valence-corrected chi connectivity index (χ2v) is 6.76. The van der Waals surface area contributed by atoms with Crippen molar-refractivity contribution < 1.29 is 9.47 Å². The molecule has 0 fully saturated rings. The summed E-state index contributed by atoms with van der Waals surface area (Å²) in [5.41, 5.74) is 5.28. The summed E-state index contributed by atoms with van der Waals surface area (Å²) < 4.78 is 11.3. The van der Waals surface area contributed by atoms with Gasteiger partial charge in [0.15, 0.2) is 11.5 Å². The second-order valence-electron chi connectivity index (χ2n) is 6.76. The van der Waals surface area contributed by atoms with Gasteiger partial charge in [-0.1, -0.05) is 18.2 Å². The van der Waals surface area contributed by atoms with Crippen LogP contribution in [0.25, 0.3) is 33.4 Å². The lowest BCUT2D eigenvalue weighted by molar-refractivity contribution is 0.357. The number of benzene rings is 2. The SMILES string of the molecule is COc1cc2c(-c3ccc(N(C)C)cc3)ncnc2c(-c2ccccn2)c1OC. The number of anilines is 1. The summed E-state index contributed by atoms with van der Waals surface area (Å²) in [7, 11) is 7.29. The summed E-state index contributed by atoms with van der Waals surface area (Å²) in [6, 6.07) is 16.0. The third kappa shape index (κ3) is 3.33. The van der Waals surface area contributed by atoms with E-state index in [0.717, 1.165) is 39.1 Å². The molecule has 4 aromatic rings. The number of ether oxygens (including phenoxy) is 2. The molecule has 4 rings (SSSR count). The molecule has 0 aliphatic carbocycles. The minimum atomic E-state index is 0.603. The van der Waals surface area contributed by atoms with Crippen LogP contribution < -0.4 is 14.4 Å². The summed E-state index contributed by atoms with van der Waals surface area (Å²) >= 11 is 0. The van der Waals surface area contributed by atoms with E-state index in [1.165, 1.54) is 0 Å². The monoisotopic (exact) mass is 386 g/mol. The summed E-state index contributed by atoms with van der Waals surface area (Å²) in [6.07, 6.45) is 3.33. The number of fused-ring (bicyclic) bond motifs is 1. The molecule has 146 valence electrons. The van der Waals surface area contributed by atoms with E-state index in [0.29, 0.717) is 11.5 Å². The molecule has 0 aliphatic heterocycles. The van der Waals surface area contributed by atoms with E-state index in [4.69, 9.17) is 9.47 Å². The Balaban J connectivity index is 2.02. The standard InChI is InChI=1S/C23H22N4O2/c1-27(2)16-10-8-15(9-11-16)21-17-13-19(28-3)23(29-4)20(22(17)26-14-25-21)18-7-5-6-12-24-18/h5-14H,1-4H3. The number of hydrogen-bond acceptors (Lipinski definition) is 6. The summed E-state index contributed by atoms with van der Waals surface area (Å²) in [4.78, 5) is 15.7. The van der Waals surface area contributed by atoms with Crippen molar-refractivity contribution in [3.8, 4) is 34.0 Å². The topological polar surface area (TPSA) is 60.4 Å². The maximum absolute atomic E-state index is 5.69. The number of nitrogens with zero attached hydrogens (tertiary/aromatic N) is 4. The van der Waals surface area contributed by atoms with Gasteiger partial charge in [0.1, 0.15) is 6.33 Å². The van der Waals surface area contributed by atoms with Crippen molar-refractivity contribution in [3.63, 3.8) is 0 Å². The van der Waals surface area contributed by atoms with Crippen LogP contribution in [0.15, 0.2) is 61.1 Å². The first-order chi connectivity index (χ1) is 14.1. The van der Waals surface area contributed by atoms with Crippen molar-refractivity contribution in [1.82, 2.24) is 15.0 Å². The Hall–Kier alpha value is -3.67. The lowest BCUT2D eigenvalue weighted by Crippen LogP contribution is -2.08. The Labute approximate surface area is 169 Å². The maximum atomic E-state index is 5.69. The predicted molar refractivity (Wildman–Crippen MR) is 116 cm³/mol. The van der Waals surface area contributed by atoms with E-state index in [9.17, 15) is 0 Å². The van der Waals surface area contributed by atoms with E-state index >= 15 is 0 Å². The molecule has 6 nitrogen and oxygen atoms in total. The lowest BCUT2D eigenvalue weighted by Gasteiger charge is -2.17. The van der Waals surface area contributed by atoms with Gasteiger partial charge >= 0.3 is 0 Å². The largest absolute Gasteiger partial charge is 0.493 e. The Kier molecular flexibility index (Phi) is 4.99. The minimum Gasteiger partial charge on any atom is -0.493 e. The summed E-state index contributed by atoms with van der Waals surface area (Å²) in [6.45, 7) is 0. The van der Waals surface area contributed by atoms with Crippen molar-refractivity contribution in [1.29, 1.82) is 0 Å². The molecule has 0 amide bonds. The first-order valence-electron chi connectivity index (χ1n) is 9.23. The average Bonchev–Trinajstić information content (AvgIpc) is 2.77. The summed E-state index contributed by atoms with van der Waals surface area (Å²) in [5, 5.41) is 0.878. The smallest absolute Gasteiger partial charge is 0.172 e. The van der Waals surface area contributed by atoms with Crippen LogP contribution in [0.5, 0.6) is 11.5 Å². The molecule has 0 spiro atoms. The quantitative estimate of drug-likeness (QED) is 0.505. The van der Waals surface area contributed by atoms with Crippen LogP contribution in [-0.4, -0.2) is 43.3 Å². The molecule has 0 atom stereocenters. The molecule has 0 N–H and O–H groups in total. The number of pyridine rings is 1. The molecular weight excluding hydrogens is 364 g/mol. The van der Waals surface area contributed by atoms with Crippen molar-refractivity contribution in [2.75, 3.05) is 33.2 Å². The van der Waals surface area contributed by atoms with Gasteiger partial charge in [0.2, 0.25) is 0 Å². The van der Waals surface area contributed by atoms with E-state index in [2.05, 4.69) is 44.1 Å². The van der Waals surface area contributed by atoms with Gasteiger partial charge in [-0.25, -0.2) is 9.97 Å². The lowest BCUT2D eigenvalue weighted by atomic mass is 10.00. The van der Waals surface area contributed by atoms with Gasteiger partial charge in [-0.2, -0.15) is 0 Å². The van der Waals surface area contributed by atoms with Gasteiger partial charge in [-0.15, -0.1) is 0 Å². The summed E-state index contributed by atoms with van der Waals surface area (Å²) in [5.74, 6) is 1.22. The van der Waals surface area contributed by atoms with Crippen LogP contribution in [0.3, 0.4) is 0 Å². The Morgan fingerprint density at radius 2 is 1.66 bits per heavy atom. The first-order valence-corrected chi connectivity index (χ1v) is 9.23. The van der Waals surface area contributed by atoms with Crippen LogP contribution in [0.1, 0.15) is 0 Å². The molecule has 29 heavy (non-hydrogen) atoms. The zero-order valence-electron chi connectivity index (χ0n) is 16.9. The van der Waals surface area contributed by atoms with Gasteiger partial charge in [-0.05, 0) is 30.3 Å². The highest BCUT2D eigenvalue weighted by molar-refractivity contribution is 6.04. The molecule has 0 saturated carbocycles. The van der Waals surface area contributed by atoms with Crippen molar-refractivity contribution in [2.45, 2.75) is 0 Å². The molecule has 0 radical (unpaired) electrons. The van der Waals surface area contributed by atoms with Gasteiger partial charge in [0, 0.05) is 36.9 Å². The average molecular weight is 386 g/mol. The Bertz CT molecular complexity index is 1140. The van der Waals surface area contributed by atoms with Crippen molar-refractivity contribution >= 4 is 16.6 Å². The fraction of sp³-hybridized carbons (Fsp3) is 0.174. The van der Waals surface area contributed by atoms with Gasteiger partial charge in [0.05, 0.1) is 36.7 Å². The van der Waals surface area contributed by atoms with Crippen LogP contribution in [0, 0.1) is 0 Å². The zero-order valence-corrected chi connectivity index (χ0v) is 16.9. The van der Waals surface area contributed by atoms with E-state index in [1.54, 1.807) is 26.7 Å². The zero-order chi connectivity index (χ0) is 20.4. The number of methoxy groups -OCH3 is 2. The first kappa shape index (κ1) is 18.7. The highest BCUT2D eigenvalue weighted by Crippen LogP contribution is 2.44. The van der Waals surface area contributed by atoms with Gasteiger partial charge < -0.3 is 14.4 Å². The normalized spacial score (nSPS) is 10.8. The van der Waals surface area contributed by atoms with Gasteiger partial charge in [-0.3, -0.25) is 4.98 Å². The van der Waals surface area contributed by atoms with Crippen molar-refractivity contribution in [3.05, 3.63) is 61.1 Å². The maximum Gasteiger partial charge on any atom is 0.172 e. The van der Waals surface area contributed by atoms with Gasteiger partial charge in [0.25, 0.3) is 0 Å². The Morgan fingerprint density at radius 1 is 0.862 bits per heavy atom. The van der Waals surface area contributed by atoms with Crippen LogP contribution in [0.4, 0.5) is 5.69 Å². The van der Waals surface area contributed by atoms with Crippen LogP contribution >= 0.6 is 0 Å². The third-order valence-electron chi connectivity index (χ3n) is 4.85. The molecule has 0 unspecified atom stereocenters. The fourth-order valence-corrected chi connectivity index (χ4v) is 3.41. The highest BCUT2D eigenvalue weighted by atomic mass is 16.5.